The first-order valence-corrected chi connectivity index (χ1v) is 10.8. The molecule has 7 nitrogen and oxygen atoms in total. The first-order chi connectivity index (χ1) is 15.0. The van der Waals surface area contributed by atoms with Gasteiger partial charge in [-0.05, 0) is 49.7 Å². The summed E-state index contributed by atoms with van der Waals surface area (Å²) in [5.41, 5.74) is 2.54. The Labute approximate surface area is 188 Å². The number of hydrogen-bond acceptors (Lipinski definition) is 5. The van der Waals surface area contributed by atoms with Gasteiger partial charge in [-0.1, -0.05) is 29.8 Å². The second-order valence-electron chi connectivity index (χ2n) is 7.53. The van der Waals surface area contributed by atoms with E-state index in [1.54, 1.807) is 25.3 Å². The van der Waals surface area contributed by atoms with E-state index in [4.69, 9.17) is 16.3 Å². The molecule has 1 saturated heterocycles. The third-order valence-corrected chi connectivity index (χ3v) is 5.78. The summed E-state index contributed by atoms with van der Waals surface area (Å²) in [6, 6.07) is 13.2. The van der Waals surface area contributed by atoms with Gasteiger partial charge < -0.3 is 20.3 Å². The molecule has 0 aromatic heterocycles. The monoisotopic (exact) mass is 444 g/mol. The van der Waals surface area contributed by atoms with Crippen molar-refractivity contribution in [3.63, 3.8) is 0 Å². The number of amides is 2. The number of methoxy groups -OCH3 is 1. The average Bonchev–Trinajstić information content (AvgIpc) is 2.79. The predicted molar refractivity (Wildman–Crippen MR) is 124 cm³/mol. The van der Waals surface area contributed by atoms with E-state index in [0.29, 0.717) is 17.3 Å². The molecule has 1 heterocycles. The Morgan fingerprint density at radius 1 is 1.06 bits per heavy atom. The Bertz CT molecular complexity index is 913. The molecular weight excluding hydrogens is 416 g/mol. The lowest BCUT2D eigenvalue weighted by Gasteiger charge is -2.36. The van der Waals surface area contributed by atoms with Gasteiger partial charge in [0.25, 0.3) is 0 Å². The fourth-order valence-electron chi connectivity index (χ4n) is 3.55. The number of ether oxygens (including phenoxy) is 1. The highest BCUT2D eigenvalue weighted by Gasteiger charge is 2.19. The van der Waals surface area contributed by atoms with Crippen molar-refractivity contribution >= 4 is 34.8 Å². The lowest BCUT2D eigenvalue weighted by Crippen LogP contribution is -2.47. The van der Waals surface area contributed by atoms with Gasteiger partial charge >= 0.3 is 11.8 Å². The number of nitrogens with zero attached hydrogens (tertiary/aromatic N) is 2. The zero-order valence-electron chi connectivity index (χ0n) is 18.0. The molecule has 31 heavy (non-hydrogen) atoms. The van der Waals surface area contributed by atoms with E-state index in [9.17, 15) is 9.59 Å². The van der Waals surface area contributed by atoms with Crippen LogP contribution in [0.1, 0.15) is 12.0 Å². The number of piperazine rings is 1. The molecule has 1 fully saturated rings. The van der Waals surface area contributed by atoms with Crippen LogP contribution in [0.3, 0.4) is 0 Å². The lowest BCUT2D eigenvalue weighted by molar-refractivity contribution is -0.136. The fraction of sp³-hybridized carbons (Fsp3) is 0.391. The third kappa shape index (κ3) is 6.35. The maximum atomic E-state index is 12.0. The summed E-state index contributed by atoms with van der Waals surface area (Å²) >= 11 is 6.05. The SMILES string of the molecule is COc1ccccc1N1CCN(CCCNC(=O)C(=O)Nc2ccc(C)c(Cl)c2)CC1. The van der Waals surface area contributed by atoms with E-state index in [0.717, 1.165) is 56.1 Å². The molecule has 0 aliphatic carbocycles. The van der Waals surface area contributed by atoms with Crippen LogP contribution in [0.25, 0.3) is 0 Å². The molecule has 0 atom stereocenters. The molecule has 0 saturated carbocycles. The summed E-state index contributed by atoms with van der Waals surface area (Å²) in [6.07, 6.45) is 0.782. The van der Waals surface area contributed by atoms with Crippen LogP contribution >= 0.6 is 11.6 Å². The van der Waals surface area contributed by atoms with E-state index in [1.165, 1.54) is 0 Å². The molecule has 8 heteroatoms. The van der Waals surface area contributed by atoms with Crippen molar-refractivity contribution in [2.75, 3.05) is 56.6 Å². The molecular formula is C23H29ClN4O3. The van der Waals surface area contributed by atoms with Gasteiger partial charge in [-0.25, -0.2) is 0 Å². The highest BCUT2D eigenvalue weighted by Crippen LogP contribution is 2.28. The van der Waals surface area contributed by atoms with Crippen LogP contribution < -0.4 is 20.3 Å². The number of halogens is 1. The van der Waals surface area contributed by atoms with Gasteiger partial charge in [0, 0.05) is 43.4 Å². The van der Waals surface area contributed by atoms with Crippen LogP contribution in [-0.2, 0) is 9.59 Å². The smallest absolute Gasteiger partial charge is 0.313 e. The molecule has 0 bridgehead atoms. The summed E-state index contributed by atoms with van der Waals surface area (Å²) in [4.78, 5) is 28.8. The molecule has 0 radical (unpaired) electrons. The zero-order valence-corrected chi connectivity index (χ0v) is 18.7. The van der Waals surface area contributed by atoms with Crippen molar-refractivity contribution in [2.24, 2.45) is 0 Å². The summed E-state index contributed by atoms with van der Waals surface area (Å²) in [6.45, 7) is 6.94. The predicted octanol–water partition coefficient (Wildman–Crippen LogP) is 2.92. The first kappa shape index (κ1) is 22.9. The van der Waals surface area contributed by atoms with Gasteiger partial charge in [-0.15, -0.1) is 0 Å². The molecule has 0 unspecified atom stereocenters. The molecule has 2 N–H and O–H groups in total. The Hall–Kier alpha value is -2.77. The number of aryl methyl sites for hydroxylation is 1. The molecule has 2 aromatic carbocycles. The van der Waals surface area contributed by atoms with Gasteiger partial charge in [-0.3, -0.25) is 14.5 Å². The number of nitrogens with one attached hydrogen (secondary N) is 2. The second kappa shape index (κ2) is 11.0. The zero-order chi connectivity index (χ0) is 22.2. The van der Waals surface area contributed by atoms with Crippen LogP contribution in [-0.4, -0.2) is 63.1 Å². The van der Waals surface area contributed by atoms with Gasteiger partial charge in [0.1, 0.15) is 5.75 Å². The minimum absolute atomic E-state index is 0.452. The highest BCUT2D eigenvalue weighted by molar-refractivity contribution is 6.39. The van der Waals surface area contributed by atoms with E-state index >= 15 is 0 Å². The summed E-state index contributed by atoms with van der Waals surface area (Å²) in [7, 11) is 1.69. The second-order valence-corrected chi connectivity index (χ2v) is 7.94. The van der Waals surface area contributed by atoms with Gasteiger partial charge in [0.2, 0.25) is 0 Å². The molecule has 1 aliphatic rings. The molecule has 2 amide bonds. The molecule has 3 rings (SSSR count). The fourth-order valence-corrected chi connectivity index (χ4v) is 3.73. The van der Waals surface area contributed by atoms with Crippen molar-refractivity contribution in [1.29, 1.82) is 0 Å². The molecule has 0 spiro atoms. The van der Waals surface area contributed by atoms with Gasteiger partial charge in [0.15, 0.2) is 0 Å². The number of benzene rings is 2. The normalized spacial score (nSPS) is 14.2. The van der Waals surface area contributed by atoms with Crippen LogP contribution in [0.4, 0.5) is 11.4 Å². The maximum Gasteiger partial charge on any atom is 0.313 e. The van der Waals surface area contributed by atoms with Crippen LogP contribution in [0.5, 0.6) is 5.75 Å². The average molecular weight is 445 g/mol. The van der Waals surface area contributed by atoms with Gasteiger partial charge in [-0.2, -0.15) is 0 Å². The van der Waals surface area contributed by atoms with Crippen molar-refractivity contribution in [3.05, 3.63) is 53.1 Å². The van der Waals surface area contributed by atoms with E-state index in [-0.39, 0.29) is 0 Å². The largest absolute Gasteiger partial charge is 0.495 e. The van der Waals surface area contributed by atoms with Gasteiger partial charge in [0.05, 0.1) is 12.8 Å². The van der Waals surface area contributed by atoms with Crippen molar-refractivity contribution < 1.29 is 14.3 Å². The van der Waals surface area contributed by atoms with Crippen molar-refractivity contribution in [2.45, 2.75) is 13.3 Å². The van der Waals surface area contributed by atoms with Crippen molar-refractivity contribution in [1.82, 2.24) is 10.2 Å². The summed E-state index contributed by atoms with van der Waals surface area (Å²) in [5.74, 6) is -0.437. The number of carbonyl (C=O) groups is 2. The number of anilines is 2. The highest BCUT2D eigenvalue weighted by atomic mass is 35.5. The first-order valence-electron chi connectivity index (χ1n) is 10.4. The standard InChI is InChI=1S/C23H29ClN4O3/c1-17-8-9-18(16-19(17)24)26-23(30)22(29)25-10-5-11-27-12-14-28(15-13-27)20-6-3-4-7-21(20)31-2/h3-4,6-9,16H,5,10-15H2,1-2H3,(H,25,29)(H,26,30). The molecule has 1 aliphatic heterocycles. The third-order valence-electron chi connectivity index (χ3n) is 5.37. The Morgan fingerprint density at radius 3 is 2.52 bits per heavy atom. The van der Waals surface area contributed by atoms with E-state index in [1.807, 2.05) is 25.1 Å². The summed E-state index contributed by atoms with van der Waals surface area (Å²) in [5, 5.41) is 5.79. The number of rotatable bonds is 7. The quantitative estimate of drug-likeness (QED) is 0.507. The minimum Gasteiger partial charge on any atom is -0.495 e. The van der Waals surface area contributed by atoms with Crippen molar-refractivity contribution in [3.8, 4) is 5.75 Å². The number of carbonyl (C=O) groups excluding carboxylic acids is 2. The topological polar surface area (TPSA) is 73.9 Å². The Balaban J connectivity index is 1.35. The van der Waals surface area contributed by atoms with Crippen LogP contribution in [0, 0.1) is 6.92 Å². The maximum absolute atomic E-state index is 12.0. The van der Waals surface area contributed by atoms with E-state index < -0.39 is 11.8 Å². The lowest BCUT2D eigenvalue weighted by atomic mass is 10.2. The number of para-hydroxylation sites is 2. The molecule has 2 aromatic rings. The van der Waals surface area contributed by atoms with Crippen LogP contribution in [0.15, 0.2) is 42.5 Å². The Morgan fingerprint density at radius 2 is 1.81 bits per heavy atom. The van der Waals surface area contributed by atoms with Crippen LogP contribution in [0.2, 0.25) is 5.02 Å². The number of hydrogen-bond donors (Lipinski definition) is 2. The minimum atomic E-state index is -0.689. The summed E-state index contributed by atoms with van der Waals surface area (Å²) < 4.78 is 5.46. The van der Waals surface area contributed by atoms with E-state index in [2.05, 4.69) is 26.5 Å². The Kier molecular flexibility index (Phi) is 8.14. The molecule has 166 valence electrons.